The highest BCUT2D eigenvalue weighted by Crippen LogP contribution is 2.14. The van der Waals surface area contributed by atoms with E-state index in [0.29, 0.717) is 0 Å². The van der Waals surface area contributed by atoms with Crippen LogP contribution in [0.2, 0.25) is 0 Å². The first-order valence-corrected chi connectivity index (χ1v) is 8.48. The maximum absolute atomic E-state index is 3.50. The van der Waals surface area contributed by atoms with Gasteiger partial charge in [0.15, 0.2) is 0 Å². The molecule has 1 heterocycles. The van der Waals surface area contributed by atoms with Crippen LogP contribution in [-0.4, -0.2) is 43.0 Å². The molecule has 0 aromatic heterocycles. The first-order valence-electron chi connectivity index (χ1n) is 8.48. The van der Waals surface area contributed by atoms with Crippen LogP contribution in [0.4, 0.5) is 5.69 Å². The van der Waals surface area contributed by atoms with E-state index < -0.39 is 0 Å². The molecule has 0 spiro atoms. The smallest absolute Gasteiger partial charge is 0.0400 e. The third kappa shape index (κ3) is 4.81. The van der Waals surface area contributed by atoms with Gasteiger partial charge in [0.2, 0.25) is 0 Å². The molecule has 0 radical (unpaired) electrons. The molecule has 1 fully saturated rings. The van der Waals surface area contributed by atoms with Gasteiger partial charge in [0.1, 0.15) is 0 Å². The minimum Gasteiger partial charge on any atom is -0.381 e. The van der Waals surface area contributed by atoms with E-state index >= 15 is 0 Å². The van der Waals surface area contributed by atoms with Crippen LogP contribution in [-0.2, 0) is 13.1 Å². The Labute approximate surface area is 139 Å². The Bertz CT molecular complexity index is 613. The number of rotatable bonds is 5. The fraction of sp³-hybridized carbons (Fsp3) is 0.400. The van der Waals surface area contributed by atoms with Gasteiger partial charge in [-0.2, -0.15) is 0 Å². The Kier molecular flexibility index (Phi) is 5.31. The van der Waals surface area contributed by atoms with E-state index in [2.05, 4.69) is 77.6 Å². The van der Waals surface area contributed by atoms with Gasteiger partial charge in [-0.1, -0.05) is 42.0 Å². The molecule has 1 saturated heterocycles. The van der Waals surface area contributed by atoms with Crippen molar-refractivity contribution < 1.29 is 0 Å². The van der Waals surface area contributed by atoms with Gasteiger partial charge in [0.25, 0.3) is 0 Å². The Morgan fingerprint density at radius 1 is 0.913 bits per heavy atom. The molecule has 3 rings (SSSR count). The van der Waals surface area contributed by atoms with Gasteiger partial charge < -0.3 is 10.2 Å². The standard InChI is InChI=1S/C20H27N3/c1-17-4-3-5-19(14-17)15-21-20-8-6-18(7-9-20)16-23-12-10-22(2)11-13-23/h3-9,14,21H,10-13,15-16H2,1-2H3. The van der Waals surface area contributed by atoms with E-state index in [1.807, 2.05) is 0 Å². The summed E-state index contributed by atoms with van der Waals surface area (Å²) in [5.41, 5.74) is 5.22. The predicted molar refractivity (Wildman–Crippen MR) is 97.7 cm³/mol. The van der Waals surface area contributed by atoms with Crippen LogP contribution in [0.25, 0.3) is 0 Å². The second-order valence-corrected chi connectivity index (χ2v) is 6.62. The molecule has 0 aliphatic carbocycles. The third-order valence-electron chi connectivity index (χ3n) is 4.54. The number of aryl methyl sites for hydroxylation is 1. The number of anilines is 1. The fourth-order valence-corrected chi connectivity index (χ4v) is 3.02. The molecule has 23 heavy (non-hydrogen) atoms. The topological polar surface area (TPSA) is 18.5 Å². The van der Waals surface area contributed by atoms with E-state index in [4.69, 9.17) is 0 Å². The molecule has 122 valence electrons. The summed E-state index contributed by atoms with van der Waals surface area (Å²) in [4.78, 5) is 4.93. The summed E-state index contributed by atoms with van der Waals surface area (Å²) in [6, 6.07) is 17.5. The van der Waals surface area contributed by atoms with Crippen molar-refractivity contribution >= 4 is 5.69 Å². The number of nitrogens with zero attached hydrogens (tertiary/aromatic N) is 2. The quantitative estimate of drug-likeness (QED) is 0.914. The average molecular weight is 309 g/mol. The summed E-state index contributed by atoms with van der Waals surface area (Å²) in [5, 5.41) is 3.50. The Balaban J connectivity index is 1.51. The van der Waals surface area contributed by atoms with Crippen molar-refractivity contribution in [1.82, 2.24) is 9.80 Å². The number of nitrogens with one attached hydrogen (secondary N) is 1. The van der Waals surface area contributed by atoms with Crippen LogP contribution >= 0.6 is 0 Å². The maximum Gasteiger partial charge on any atom is 0.0400 e. The highest BCUT2D eigenvalue weighted by molar-refractivity contribution is 5.45. The lowest BCUT2D eigenvalue weighted by Gasteiger charge is -2.32. The zero-order valence-electron chi connectivity index (χ0n) is 14.3. The van der Waals surface area contributed by atoms with Crippen LogP contribution in [0.5, 0.6) is 0 Å². The van der Waals surface area contributed by atoms with Crippen molar-refractivity contribution in [3.05, 3.63) is 65.2 Å². The van der Waals surface area contributed by atoms with E-state index in [1.54, 1.807) is 0 Å². The number of piperazine rings is 1. The number of benzene rings is 2. The summed E-state index contributed by atoms with van der Waals surface area (Å²) in [6.07, 6.45) is 0. The highest BCUT2D eigenvalue weighted by Gasteiger charge is 2.13. The molecule has 2 aromatic rings. The molecule has 1 aliphatic heterocycles. The van der Waals surface area contributed by atoms with Crippen LogP contribution in [0.3, 0.4) is 0 Å². The number of hydrogen-bond acceptors (Lipinski definition) is 3. The minimum atomic E-state index is 0.874. The largest absolute Gasteiger partial charge is 0.381 e. The molecule has 1 N–H and O–H groups in total. The molecule has 0 amide bonds. The lowest BCUT2D eigenvalue weighted by Crippen LogP contribution is -2.43. The van der Waals surface area contributed by atoms with Crippen molar-refractivity contribution in [2.45, 2.75) is 20.0 Å². The molecular weight excluding hydrogens is 282 g/mol. The lowest BCUT2D eigenvalue weighted by molar-refractivity contribution is 0.148. The zero-order valence-corrected chi connectivity index (χ0v) is 14.3. The Hall–Kier alpha value is -1.84. The van der Waals surface area contributed by atoms with Gasteiger partial charge >= 0.3 is 0 Å². The molecule has 0 atom stereocenters. The van der Waals surface area contributed by atoms with E-state index in [9.17, 15) is 0 Å². The van der Waals surface area contributed by atoms with Gasteiger partial charge in [-0.3, -0.25) is 4.90 Å². The van der Waals surface area contributed by atoms with Gasteiger partial charge in [-0.05, 0) is 37.2 Å². The Morgan fingerprint density at radius 3 is 2.35 bits per heavy atom. The minimum absolute atomic E-state index is 0.874. The molecular formula is C20H27N3. The summed E-state index contributed by atoms with van der Waals surface area (Å²) in [7, 11) is 2.20. The maximum atomic E-state index is 3.50. The van der Waals surface area contributed by atoms with Gasteiger partial charge in [-0.25, -0.2) is 0 Å². The number of likely N-dealkylation sites (N-methyl/N-ethyl adjacent to an activating group) is 1. The van der Waals surface area contributed by atoms with Crippen LogP contribution in [0, 0.1) is 6.92 Å². The van der Waals surface area contributed by atoms with Crippen molar-refractivity contribution in [1.29, 1.82) is 0 Å². The number of hydrogen-bond donors (Lipinski definition) is 1. The SMILES string of the molecule is Cc1cccc(CNc2ccc(CN3CCN(C)CC3)cc2)c1. The summed E-state index contributed by atoms with van der Waals surface area (Å²) < 4.78 is 0. The molecule has 3 heteroatoms. The van der Waals surface area contributed by atoms with Gasteiger partial charge in [-0.15, -0.1) is 0 Å². The van der Waals surface area contributed by atoms with Crippen molar-refractivity contribution in [3.63, 3.8) is 0 Å². The van der Waals surface area contributed by atoms with Gasteiger partial charge in [0, 0.05) is 45.0 Å². The summed E-state index contributed by atoms with van der Waals surface area (Å²) in [5.74, 6) is 0. The van der Waals surface area contributed by atoms with Crippen LogP contribution in [0.15, 0.2) is 48.5 Å². The fourth-order valence-electron chi connectivity index (χ4n) is 3.02. The molecule has 3 nitrogen and oxygen atoms in total. The van der Waals surface area contributed by atoms with Gasteiger partial charge in [0.05, 0.1) is 0 Å². The van der Waals surface area contributed by atoms with Crippen LogP contribution in [0.1, 0.15) is 16.7 Å². The zero-order chi connectivity index (χ0) is 16.1. The second kappa shape index (κ2) is 7.62. The second-order valence-electron chi connectivity index (χ2n) is 6.62. The first-order chi connectivity index (χ1) is 11.2. The average Bonchev–Trinajstić information content (AvgIpc) is 2.56. The van der Waals surface area contributed by atoms with E-state index in [-0.39, 0.29) is 0 Å². The monoisotopic (exact) mass is 309 g/mol. The summed E-state index contributed by atoms with van der Waals surface area (Å²) in [6.45, 7) is 8.77. The van der Waals surface area contributed by atoms with Crippen molar-refractivity contribution in [3.8, 4) is 0 Å². The molecule has 0 saturated carbocycles. The normalized spacial score (nSPS) is 16.4. The summed E-state index contributed by atoms with van der Waals surface area (Å²) >= 11 is 0. The van der Waals surface area contributed by atoms with Crippen LogP contribution < -0.4 is 5.32 Å². The molecule has 0 unspecified atom stereocenters. The third-order valence-corrected chi connectivity index (χ3v) is 4.54. The first kappa shape index (κ1) is 16.0. The van der Waals surface area contributed by atoms with E-state index in [1.165, 1.54) is 48.6 Å². The van der Waals surface area contributed by atoms with E-state index in [0.717, 1.165) is 13.1 Å². The molecule has 1 aliphatic rings. The molecule has 0 bridgehead atoms. The highest BCUT2D eigenvalue weighted by atomic mass is 15.2. The van der Waals surface area contributed by atoms with Crippen molar-refractivity contribution in [2.24, 2.45) is 0 Å². The van der Waals surface area contributed by atoms with Crippen molar-refractivity contribution in [2.75, 3.05) is 38.5 Å². The molecule has 2 aromatic carbocycles. The lowest BCUT2D eigenvalue weighted by atomic mass is 10.1. The Morgan fingerprint density at radius 2 is 1.65 bits per heavy atom. The predicted octanol–water partition coefficient (Wildman–Crippen LogP) is 3.35.